The zero-order valence-corrected chi connectivity index (χ0v) is 12.6. The van der Waals surface area contributed by atoms with Crippen molar-refractivity contribution in [2.24, 2.45) is 5.92 Å². The summed E-state index contributed by atoms with van der Waals surface area (Å²) >= 11 is 0. The molecule has 114 valence electrons. The molecule has 1 aromatic rings. The molecule has 1 atom stereocenters. The number of likely N-dealkylation sites (tertiary alicyclic amines) is 1. The lowest BCUT2D eigenvalue weighted by atomic mass is 9.79. The van der Waals surface area contributed by atoms with Crippen LogP contribution >= 0.6 is 0 Å². The number of aromatic nitrogens is 2. The second kappa shape index (κ2) is 5.60. The minimum absolute atomic E-state index is 0.0958. The molecule has 0 radical (unpaired) electrons. The Kier molecular flexibility index (Phi) is 3.80. The molecular formula is C15H22N4O2. The summed E-state index contributed by atoms with van der Waals surface area (Å²) in [5.74, 6) is 1.32. The SMILES string of the molecule is CC(=O)N1CC2(C1)OCCC2CCNc1ncc(C)cn1. The summed E-state index contributed by atoms with van der Waals surface area (Å²) < 4.78 is 5.94. The highest BCUT2D eigenvalue weighted by Crippen LogP contribution is 2.41. The summed E-state index contributed by atoms with van der Waals surface area (Å²) in [6, 6.07) is 0. The normalized spacial score (nSPS) is 23.1. The first-order valence-corrected chi connectivity index (χ1v) is 7.51. The maximum Gasteiger partial charge on any atom is 0.222 e. The zero-order valence-electron chi connectivity index (χ0n) is 12.6. The molecule has 0 bridgehead atoms. The number of amides is 1. The number of aryl methyl sites for hydroxylation is 1. The van der Waals surface area contributed by atoms with Crippen molar-refractivity contribution in [3.63, 3.8) is 0 Å². The van der Waals surface area contributed by atoms with Crippen LogP contribution in [0.3, 0.4) is 0 Å². The van der Waals surface area contributed by atoms with Gasteiger partial charge in [0.2, 0.25) is 11.9 Å². The molecule has 21 heavy (non-hydrogen) atoms. The number of carbonyl (C=O) groups excluding carboxylic acids is 1. The number of nitrogens with one attached hydrogen (secondary N) is 1. The van der Waals surface area contributed by atoms with Crippen molar-refractivity contribution in [3.8, 4) is 0 Å². The molecule has 0 saturated carbocycles. The number of hydrogen-bond donors (Lipinski definition) is 1. The first-order valence-electron chi connectivity index (χ1n) is 7.51. The van der Waals surface area contributed by atoms with E-state index >= 15 is 0 Å². The monoisotopic (exact) mass is 290 g/mol. The number of anilines is 1. The number of ether oxygens (including phenoxy) is 1. The average molecular weight is 290 g/mol. The molecule has 2 aliphatic rings. The van der Waals surface area contributed by atoms with E-state index in [-0.39, 0.29) is 11.5 Å². The van der Waals surface area contributed by atoms with Crippen LogP contribution in [0.1, 0.15) is 25.3 Å². The Morgan fingerprint density at radius 3 is 2.86 bits per heavy atom. The van der Waals surface area contributed by atoms with Gasteiger partial charge in [-0.15, -0.1) is 0 Å². The van der Waals surface area contributed by atoms with Gasteiger partial charge >= 0.3 is 0 Å². The second-order valence-corrected chi connectivity index (χ2v) is 6.07. The van der Waals surface area contributed by atoms with Crippen LogP contribution in [-0.2, 0) is 9.53 Å². The van der Waals surface area contributed by atoms with Crippen molar-refractivity contribution >= 4 is 11.9 Å². The summed E-state index contributed by atoms with van der Waals surface area (Å²) in [6.45, 7) is 6.71. The van der Waals surface area contributed by atoms with Crippen LogP contribution < -0.4 is 5.32 Å². The Labute approximate surface area is 124 Å². The summed E-state index contributed by atoms with van der Waals surface area (Å²) in [4.78, 5) is 21.7. The van der Waals surface area contributed by atoms with E-state index in [0.29, 0.717) is 11.9 Å². The molecular weight excluding hydrogens is 268 g/mol. The van der Waals surface area contributed by atoms with Crippen molar-refractivity contribution in [2.45, 2.75) is 32.3 Å². The third kappa shape index (κ3) is 2.85. The molecule has 6 heteroatoms. The van der Waals surface area contributed by atoms with Crippen LogP contribution in [0.4, 0.5) is 5.95 Å². The smallest absolute Gasteiger partial charge is 0.222 e. The Balaban J connectivity index is 1.49. The van der Waals surface area contributed by atoms with Gasteiger partial charge < -0.3 is 15.0 Å². The topological polar surface area (TPSA) is 67.3 Å². The van der Waals surface area contributed by atoms with Crippen LogP contribution in [-0.4, -0.2) is 52.6 Å². The second-order valence-electron chi connectivity index (χ2n) is 6.07. The fourth-order valence-electron chi connectivity index (χ4n) is 3.21. The van der Waals surface area contributed by atoms with Gasteiger partial charge in [0.05, 0.1) is 13.1 Å². The fourth-order valence-corrected chi connectivity index (χ4v) is 3.21. The number of rotatable bonds is 4. The Morgan fingerprint density at radius 2 is 2.19 bits per heavy atom. The van der Waals surface area contributed by atoms with Crippen LogP contribution in [0.25, 0.3) is 0 Å². The molecule has 3 rings (SSSR count). The first kappa shape index (κ1) is 14.3. The molecule has 6 nitrogen and oxygen atoms in total. The zero-order chi connectivity index (χ0) is 14.9. The Morgan fingerprint density at radius 1 is 1.48 bits per heavy atom. The minimum Gasteiger partial charge on any atom is -0.371 e. The van der Waals surface area contributed by atoms with Crippen LogP contribution in [0.15, 0.2) is 12.4 Å². The molecule has 2 fully saturated rings. The van der Waals surface area contributed by atoms with Crippen molar-refractivity contribution in [1.29, 1.82) is 0 Å². The molecule has 1 aromatic heterocycles. The molecule has 1 N–H and O–H groups in total. The van der Waals surface area contributed by atoms with E-state index in [1.54, 1.807) is 6.92 Å². The van der Waals surface area contributed by atoms with Gasteiger partial charge in [-0.25, -0.2) is 9.97 Å². The number of carbonyl (C=O) groups is 1. The van der Waals surface area contributed by atoms with Gasteiger partial charge in [0.15, 0.2) is 0 Å². The van der Waals surface area contributed by atoms with E-state index in [1.165, 1.54) is 0 Å². The molecule has 1 amide bonds. The van der Waals surface area contributed by atoms with Gasteiger partial charge in [-0.2, -0.15) is 0 Å². The van der Waals surface area contributed by atoms with E-state index in [1.807, 2.05) is 24.2 Å². The Hall–Kier alpha value is -1.69. The van der Waals surface area contributed by atoms with Crippen molar-refractivity contribution in [2.75, 3.05) is 31.6 Å². The third-order valence-electron chi connectivity index (χ3n) is 4.52. The number of nitrogens with zero attached hydrogens (tertiary/aromatic N) is 3. The fraction of sp³-hybridized carbons (Fsp3) is 0.667. The van der Waals surface area contributed by atoms with Gasteiger partial charge in [-0.05, 0) is 31.2 Å². The van der Waals surface area contributed by atoms with Crippen molar-refractivity contribution in [3.05, 3.63) is 18.0 Å². The van der Waals surface area contributed by atoms with E-state index in [4.69, 9.17) is 4.74 Å². The van der Waals surface area contributed by atoms with Crippen molar-refractivity contribution in [1.82, 2.24) is 14.9 Å². The van der Waals surface area contributed by atoms with Gasteiger partial charge in [0.25, 0.3) is 0 Å². The molecule has 1 spiro atoms. The third-order valence-corrected chi connectivity index (χ3v) is 4.52. The predicted molar refractivity (Wildman–Crippen MR) is 78.9 cm³/mol. The van der Waals surface area contributed by atoms with Crippen LogP contribution in [0.5, 0.6) is 0 Å². The van der Waals surface area contributed by atoms with E-state index in [0.717, 1.165) is 44.6 Å². The first-order chi connectivity index (χ1) is 10.1. The standard InChI is InChI=1S/C15H22N4O2/c1-11-7-17-14(18-8-11)16-5-3-13-4-6-21-15(13)9-19(10-15)12(2)20/h7-8,13H,3-6,9-10H2,1-2H3,(H,16,17,18). The molecule has 2 saturated heterocycles. The largest absolute Gasteiger partial charge is 0.371 e. The maximum atomic E-state index is 11.3. The maximum absolute atomic E-state index is 11.3. The van der Waals surface area contributed by atoms with Crippen molar-refractivity contribution < 1.29 is 9.53 Å². The molecule has 0 aliphatic carbocycles. The molecule has 3 heterocycles. The summed E-state index contributed by atoms with van der Waals surface area (Å²) in [7, 11) is 0. The lowest BCUT2D eigenvalue weighted by molar-refractivity contribution is -0.163. The van der Waals surface area contributed by atoms with Gasteiger partial charge in [-0.3, -0.25) is 4.79 Å². The van der Waals surface area contributed by atoms with Gasteiger partial charge in [0, 0.05) is 32.5 Å². The average Bonchev–Trinajstić information content (AvgIpc) is 2.83. The van der Waals surface area contributed by atoms with E-state index in [2.05, 4.69) is 15.3 Å². The predicted octanol–water partition coefficient (Wildman–Crippen LogP) is 1.22. The lowest BCUT2D eigenvalue weighted by Crippen LogP contribution is -2.65. The van der Waals surface area contributed by atoms with Crippen LogP contribution in [0, 0.1) is 12.8 Å². The number of hydrogen-bond acceptors (Lipinski definition) is 5. The minimum atomic E-state index is -0.0958. The van der Waals surface area contributed by atoms with Gasteiger partial charge in [0.1, 0.15) is 5.60 Å². The van der Waals surface area contributed by atoms with Gasteiger partial charge in [-0.1, -0.05) is 0 Å². The highest BCUT2D eigenvalue weighted by Gasteiger charge is 2.53. The van der Waals surface area contributed by atoms with Crippen LogP contribution in [0.2, 0.25) is 0 Å². The molecule has 2 aliphatic heterocycles. The highest BCUT2D eigenvalue weighted by atomic mass is 16.5. The molecule has 0 aromatic carbocycles. The quantitative estimate of drug-likeness (QED) is 0.903. The highest BCUT2D eigenvalue weighted by molar-refractivity contribution is 5.74. The lowest BCUT2D eigenvalue weighted by Gasteiger charge is -2.50. The summed E-state index contributed by atoms with van der Waals surface area (Å²) in [5, 5.41) is 3.26. The molecule has 1 unspecified atom stereocenters. The Bertz CT molecular complexity index is 511. The van der Waals surface area contributed by atoms with E-state index < -0.39 is 0 Å². The van der Waals surface area contributed by atoms with E-state index in [9.17, 15) is 4.79 Å². The summed E-state index contributed by atoms with van der Waals surface area (Å²) in [6.07, 6.45) is 5.71. The summed E-state index contributed by atoms with van der Waals surface area (Å²) in [5.41, 5.74) is 0.962.